The Morgan fingerprint density at radius 1 is 1.38 bits per heavy atom. The summed E-state index contributed by atoms with van der Waals surface area (Å²) in [7, 11) is 3.82. The van der Waals surface area contributed by atoms with Gasteiger partial charge < -0.3 is 20.4 Å². The van der Waals surface area contributed by atoms with E-state index < -0.39 is 0 Å². The first-order chi connectivity index (χ1) is 12.6. The van der Waals surface area contributed by atoms with Gasteiger partial charge in [-0.05, 0) is 43.4 Å². The number of unbranched alkanes of at least 4 members (excludes halogenated alkanes) is 1. The fourth-order valence-corrected chi connectivity index (χ4v) is 3.03. The van der Waals surface area contributed by atoms with E-state index in [4.69, 9.17) is 0 Å². The van der Waals surface area contributed by atoms with E-state index in [0.717, 1.165) is 62.5 Å². The van der Waals surface area contributed by atoms with E-state index in [9.17, 15) is 4.79 Å². The molecule has 1 aromatic carbocycles. The van der Waals surface area contributed by atoms with Gasteiger partial charge in [-0.15, -0.1) is 6.58 Å². The number of carbonyl (C=O) groups excluding carboxylic acids is 1. The third-order valence-electron chi connectivity index (χ3n) is 4.50. The van der Waals surface area contributed by atoms with Crippen molar-refractivity contribution in [2.45, 2.75) is 32.2 Å². The Morgan fingerprint density at radius 2 is 2.15 bits per heavy atom. The summed E-state index contributed by atoms with van der Waals surface area (Å²) in [5, 5.41) is 6.37. The van der Waals surface area contributed by atoms with E-state index in [2.05, 4.69) is 27.1 Å². The van der Waals surface area contributed by atoms with Crippen molar-refractivity contribution in [2.75, 3.05) is 39.0 Å². The van der Waals surface area contributed by atoms with Crippen LogP contribution in [0.4, 0.5) is 10.5 Å². The predicted molar refractivity (Wildman–Crippen MR) is 109 cm³/mol. The van der Waals surface area contributed by atoms with Crippen molar-refractivity contribution >= 4 is 17.7 Å². The number of guanidine groups is 1. The molecule has 0 spiro atoms. The fraction of sp³-hybridized carbons (Fsp3) is 0.500. The Hall–Kier alpha value is -2.50. The molecule has 1 heterocycles. The number of nitrogens with zero attached hydrogens (tertiary/aromatic N) is 3. The number of likely N-dealkylation sites (tertiary alicyclic amines) is 1. The van der Waals surface area contributed by atoms with Gasteiger partial charge in [-0.3, -0.25) is 4.99 Å². The van der Waals surface area contributed by atoms with Crippen molar-refractivity contribution in [3.05, 3.63) is 42.5 Å². The van der Waals surface area contributed by atoms with Crippen molar-refractivity contribution in [2.24, 2.45) is 4.99 Å². The zero-order chi connectivity index (χ0) is 18.8. The molecule has 0 aromatic heterocycles. The van der Waals surface area contributed by atoms with E-state index in [1.54, 1.807) is 7.05 Å². The molecule has 2 rings (SSSR count). The molecule has 1 fully saturated rings. The van der Waals surface area contributed by atoms with Gasteiger partial charge in [0.15, 0.2) is 5.96 Å². The molecule has 1 aliphatic rings. The van der Waals surface area contributed by atoms with Crippen LogP contribution in [-0.4, -0.2) is 55.5 Å². The molecule has 142 valence electrons. The first-order valence-electron chi connectivity index (χ1n) is 9.31. The Labute approximate surface area is 157 Å². The molecule has 0 atom stereocenters. The Kier molecular flexibility index (Phi) is 7.99. The highest BCUT2D eigenvalue weighted by molar-refractivity contribution is 5.89. The maximum Gasteiger partial charge on any atom is 0.321 e. The van der Waals surface area contributed by atoms with Crippen molar-refractivity contribution in [1.29, 1.82) is 0 Å². The lowest BCUT2D eigenvalue weighted by Crippen LogP contribution is -2.39. The second-order valence-electron chi connectivity index (χ2n) is 6.58. The highest BCUT2D eigenvalue weighted by Gasteiger charge is 2.17. The largest absolute Gasteiger partial charge is 0.352 e. The van der Waals surface area contributed by atoms with Crippen LogP contribution in [0, 0.1) is 0 Å². The van der Waals surface area contributed by atoms with Crippen molar-refractivity contribution < 1.29 is 4.79 Å². The number of nitrogens with one attached hydrogen (secondary N) is 2. The van der Waals surface area contributed by atoms with Crippen molar-refractivity contribution in [1.82, 2.24) is 15.1 Å². The molecule has 1 aromatic rings. The van der Waals surface area contributed by atoms with E-state index in [-0.39, 0.29) is 6.03 Å². The lowest BCUT2D eigenvalue weighted by molar-refractivity contribution is 0.222. The summed E-state index contributed by atoms with van der Waals surface area (Å²) >= 11 is 0. The fourth-order valence-electron chi connectivity index (χ4n) is 3.03. The average Bonchev–Trinajstić information content (AvgIpc) is 3.18. The first-order valence-corrected chi connectivity index (χ1v) is 9.31. The molecule has 6 heteroatoms. The van der Waals surface area contributed by atoms with E-state index >= 15 is 0 Å². The first kappa shape index (κ1) is 19.8. The number of anilines is 1. The number of benzene rings is 1. The lowest BCUT2D eigenvalue weighted by atomic mass is 10.2. The summed E-state index contributed by atoms with van der Waals surface area (Å²) in [5.74, 6) is 0.862. The van der Waals surface area contributed by atoms with Crippen LogP contribution >= 0.6 is 0 Å². The van der Waals surface area contributed by atoms with Gasteiger partial charge in [-0.25, -0.2) is 4.79 Å². The van der Waals surface area contributed by atoms with Crippen LogP contribution in [0.1, 0.15) is 31.2 Å². The van der Waals surface area contributed by atoms with Gasteiger partial charge >= 0.3 is 6.03 Å². The number of rotatable bonds is 7. The normalized spacial score (nSPS) is 14.2. The van der Waals surface area contributed by atoms with Gasteiger partial charge in [0.1, 0.15) is 0 Å². The van der Waals surface area contributed by atoms with Gasteiger partial charge in [0, 0.05) is 46.0 Å². The van der Waals surface area contributed by atoms with Crippen LogP contribution in [-0.2, 0) is 6.54 Å². The molecule has 26 heavy (non-hydrogen) atoms. The predicted octanol–water partition coefficient (Wildman–Crippen LogP) is 3.29. The molecule has 6 nitrogen and oxygen atoms in total. The third kappa shape index (κ3) is 6.10. The quantitative estimate of drug-likeness (QED) is 0.341. The second kappa shape index (κ2) is 10.5. The topological polar surface area (TPSA) is 60.0 Å². The molecule has 2 amide bonds. The van der Waals surface area contributed by atoms with Crippen LogP contribution in [0.2, 0.25) is 0 Å². The number of aliphatic imine (C=N–C) groups is 1. The summed E-state index contributed by atoms with van der Waals surface area (Å²) in [6.07, 6.45) is 6.18. The molecule has 1 aliphatic heterocycles. The van der Waals surface area contributed by atoms with Gasteiger partial charge in [0.2, 0.25) is 0 Å². The van der Waals surface area contributed by atoms with Gasteiger partial charge in [-0.2, -0.15) is 0 Å². The maximum atomic E-state index is 12.2. The number of amides is 2. The minimum absolute atomic E-state index is 0.00892. The lowest BCUT2D eigenvalue weighted by Gasteiger charge is -2.22. The van der Waals surface area contributed by atoms with E-state index in [1.807, 2.05) is 42.3 Å². The number of urea groups is 1. The molecule has 0 bridgehead atoms. The minimum Gasteiger partial charge on any atom is -0.352 e. The molecule has 2 N–H and O–H groups in total. The van der Waals surface area contributed by atoms with E-state index in [1.165, 1.54) is 0 Å². The Bertz CT molecular complexity index is 622. The molecular weight excluding hydrogens is 326 g/mol. The van der Waals surface area contributed by atoms with Crippen LogP contribution in [0.25, 0.3) is 0 Å². The summed E-state index contributed by atoms with van der Waals surface area (Å²) < 4.78 is 0. The highest BCUT2D eigenvalue weighted by Crippen LogP contribution is 2.14. The van der Waals surface area contributed by atoms with Crippen LogP contribution in [0.5, 0.6) is 0 Å². The SMILES string of the molecule is C=CCCCN(C)C(=NC)NCc1cccc(NC(=O)N2CCCC2)c1. The van der Waals surface area contributed by atoms with Crippen LogP contribution in [0.15, 0.2) is 41.9 Å². The maximum absolute atomic E-state index is 12.2. The average molecular weight is 358 g/mol. The minimum atomic E-state index is -0.00892. The molecule has 0 saturated carbocycles. The van der Waals surface area contributed by atoms with Gasteiger partial charge in [0.25, 0.3) is 0 Å². The molecule has 1 saturated heterocycles. The van der Waals surface area contributed by atoms with Crippen LogP contribution in [0.3, 0.4) is 0 Å². The molecular formula is C20H31N5O. The monoisotopic (exact) mass is 357 g/mol. The smallest absolute Gasteiger partial charge is 0.321 e. The van der Waals surface area contributed by atoms with E-state index in [0.29, 0.717) is 6.54 Å². The zero-order valence-corrected chi connectivity index (χ0v) is 16.0. The molecule has 0 radical (unpaired) electrons. The summed E-state index contributed by atoms with van der Waals surface area (Å²) in [5.41, 5.74) is 1.93. The standard InChI is InChI=1S/C20H31N5O/c1-4-5-6-12-24(3)19(21-2)22-16-17-10-9-11-18(15-17)23-20(26)25-13-7-8-14-25/h4,9-11,15H,1,5-8,12-14,16H2,2-3H3,(H,21,22)(H,23,26). The number of hydrogen-bond acceptors (Lipinski definition) is 2. The summed E-state index contributed by atoms with van der Waals surface area (Å²) in [6.45, 7) is 7.04. The van der Waals surface area contributed by atoms with Crippen LogP contribution < -0.4 is 10.6 Å². The van der Waals surface area contributed by atoms with Gasteiger partial charge in [-0.1, -0.05) is 18.2 Å². The molecule has 0 aliphatic carbocycles. The van der Waals surface area contributed by atoms with Crippen molar-refractivity contribution in [3.63, 3.8) is 0 Å². The molecule has 0 unspecified atom stereocenters. The van der Waals surface area contributed by atoms with Crippen molar-refractivity contribution in [3.8, 4) is 0 Å². The Morgan fingerprint density at radius 3 is 2.85 bits per heavy atom. The number of hydrogen-bond donors (Lipinski definition) is 2. The Balaban J connectivity index is 1.86. The van der Waals surface area contributed by atoms with Gasteiger partial charge in [0.05, 0.1) is 0 Å². The second-order valence-corrected chi connectivity index (χ2v) is 6.58. The highest BCUT2D eigenvalue weighted by atomic mass is 16.2. The third-order valence-corrected chi connectivity index (χ3v) is 4.50. The number of allylic oxidation sites excluding steroid dienone is 1. The number of carbonyl (C=O) groups is 1. The summed E-state index contributed by atoms with van der Waals surface area (Å²) in [6, 6.07) is 7.93. The summed E-state index contributed by atoms with van der Waals surface area (Å²) in [4.78, 5) is 20.5. The zero-order valence-electron chi connectivity index (χ0n) is 16.0.